The van der Waals surface area contributed by atoms with Crippen molar-refractivity contribution in [3.8, 4) is 0 Å². The Kier molecular flexibility index (Phi) is 3.71. The first-order valence-corrected chi connectivity index (χ1v) is 9.29. The predicted molar refractivity (Wildman–Crippen MR) is 81.8 cm³/mol. The normalized spacial score (nSPS) is 36.1. The molecule has 3 aliphatic rings. The number of carbonyl (C=O) groups is 1. The average molecular weight is 370 g/mol. The lowest BCUT2D eigenvalue weighted by atomic mass is 10.1. The van der Waals surface area contributed by atoms with Crippen LogP contribution in [0.1, 0.15) is 19.4 Å². The largest absolute Gasteiger partial charge is 0.454 e. The van der Waals surface area contributed by atoms with E-state index in [1.807, 2.05) is 6.92 Å². The first kappa shape index (κ1) is 16.9. The van der Waals surface area contributed by atoms with Gasteiger partial charge in [-0.3, -0.25) is 0 Å². The zero-order valence-electron chi connectivity index (χ0n) is 13.9. The first-order valence-electron chi connectivity index (χ1n) is 7.88. The molecule has 3 heterocycles. The van der Waals surface area contributed by atoms with Crippen molar-refractivity contribution >= 4 is 16.1 Å². The second kappa shape index (κ2) is 5.49. The Bertz CT molecular complexity index is 800. The summed E-state index contributed by atoms with van der Waals surface area (Å²) in [5.41, 5.74) is 0.906. The third-order valence-corrected chi connectivity index (χ3v) is 5.66. The molecule has 5 atom stereocenters. The molecule has 0 spiro atoms. The number of carbonyl (C=O) groups excluding carboxylic acids is 1. The molecular formula is C16H18O8S. The van der Waals surface area contributed by atoms with Gasteiger partial charge in [0.05, 0.1) is 4.90 Å². The van der Waals surface area contributed by atoms with Crippen molar-refractivity contribution in [2.75, 3.05) is 0 Å². The Labute approximate surface area is 145 Å². The van der Waals surface area contributed by atoms with E-state index < -0.39 is 52.6 Å². The molecule has 1 aromatic rings. The van der Waals surface area contributed by atoms with E-state index in [0.717, 1.165) is 5.56 Å². The molecule has 3 aliphatic heterocycles. The maximum atomic E-state index is 12.4. The van der Waals surface area contributed by atoms with Crippen molar-refractivity contribution in [3.05, 3.63) is 29.8 Å². The molecule has 0 aromatic heterocycles. The van der Waals surface area contributed by atoms with Gasteiger partial charge < -0.3 is 18.9 Å². The van der Waals surface area contributed by atoms with Crippen molar-refractivity contribution in [1.29, 1.82) is 0 Å². The quantitative estimate of drug-likeness (QED) is 0.571. The van der Waals surface area contributed by atoms with Crippen LogP contribution < -0.4 is 0 Å². The lowest BCUT2D eigenvalue weighted by Gasteiger charge is -2.21. The molecule has 4 rings (SSSR count). The number of ether oxygens (including phenoxy) is 4. The zero-order valence-corrected chi connectivity index (χ0v) is 14.7. The maximum absolute atomic E-state index is 12.4. The summed E-state index contributed by atoms with van der Waals surface area (Å²) in [6.45, 7) is 5.27. The van der Waals surface area contributed by atoms with Crippen LogP contribution in [0.15, 0.2) is 29.2 Å². The van der Waals surface area contributed by atoms with E-state index in [9.17, 15) is 13.2 Å². The van der Waals surface area contributed by atoms with Gasteiger partial charge >= 0.3 is 5.97 Å². The second-order valence-electron chi connectivity index (χ2n) is 6.75. The number of aryl methyl sites for hydroxylation is 1. The van der Waals surface area contributed by atoms with Crippen LogP contribution >= 0.6 is 0 Å². The van der Waals surface area contributed by atoms with E-state index in [2.05, 4.69) is 0 Å². The summed E-state index contributed by atoms with van der Waals surface area (Å²) in [5.74, 6) is -1.66. The lowest BCUT2D eigenvalue weighted by Crippen LogP contribution is -2.37. The number of hydrogen-bond acceptors (Lipinski definition) is 8. The molecule has 0 saturated carbocycles. The highest BCUT2D eigenvalue weighted by molar-refractivity contribution is 7.86. The van der Waals surface area contributed by atoms with E-state index in [1.54, 1.807) is 26.0 Å². The summed E-state index contributed by atoms with van der Waals surface area (Å²) in [6.07, 6.45) is -4.40. The Morgan fingerprint density at radius 2 is 1.72 bits per heavy atom. The molecule has 25 heavy (non-hydrogen) atoms. The van der Waals surface area contributed by atoms with Crippen LogP contribution in [-0.2, 0) is 38.0 Å². The Morgan fingerprint density at radius 1 is 1.04 bits per heavy atom. The summed E-state index contributed by atoms with van der Waals surface area (Å²) >= 11 is 0. The molecule has 136 valence electrons. The second-order valence-corrected chi connectivity index (χ2v) is 8.33. The van der Waals surface area contributed by atoms with Gasteiger partial charge in [0, 0.05) is 0 Å². The Balaban J connectivity index is 1.54. The van der Waals surface area contributed by atoms with Crippen molar-refractivity contribution in [1.82, 2.24) is 0 Å². The van der Waals surface area contributed by atoms with Gasteiger partial charge in [-0.2, -0.15) is 8.42 Å². The topological polar surface area (TPSA) is 97.4 Å². The molecule has 0 radical (unpaired) electrons. The minimum Gasteiger partial charge on any atom is -0.454 e. The van der Waals surface area contributed by atoms with E-state index >= 15 is 0 Å². The van der Waals surface area contributed by atoms with Crippen molar-refractivity contribution in [3.63, 3.8) is 0 Å². The van der Waals surface area contributed by atoms with E-state index in [1.165, 1.54) is 12.1 Å². The monoisotopic (exact) mass is 370 g/mol. The molecule has 9 heteroatoms. The van der Waals surface area contributed by atoms with E-state index in [-0.39, 0.29) is 4.90 Å². The average Bonchev–Trinajstić information content (AvgIpc) is 3.08. The number of esters is 1. The Hall–Kier alpha value is -1.52. The van der Waals surface area contributed by atoms with Crippen LogP contribution in [0.3, 0.4) is 0 Å². The number of hydrogen-bond donors (Lipinski definition) is 0. The standard InChI is InChI=1S/C16H18O8S/c1-8-4-6-9(7-5-8)25(18,19)24-12-10-11(20-14(12)17)13-15(21-10)23-16(2,3)22-13/h4-7,10-13,15H,1-3H3. The molecule has 8 nitrogen and oxygen atoms in total. The number of benzene rings is 1. The summed E-state index contributed by atoms with van der Waals surface area (Å²) in [5, 5.41) is 0. The van der Waals surface area contributed by atoms with Gasteiger partial charge in [0.1, 0.15) is 6.10 Å². The lowest BCUT2D eigenvalue weighted by molar-refractivity contribution is -0.213. The highest BCUT2D eigenvalue weighted by Crippen LogP contribution is 2.43. The molecule has 1 aromatic carbocycles. The van der Waals surface area contributed by atoms with Crippen LogP contribution in [0.25, 0.3) is 0 Å². The number of fused-ring (bicyclic) bond motifs is 3. The Morgan fingerprint density at radius 3 is 2.40 bits per heavy atom. The molecular weight excluding hydrogens is 352 g/mol. The number of rotatable bonds is 3. The summed E-state index contributed by atoms with van der Waals surface area (Å²) < 4.78 is 52.2. The van der Waals surface area contributed by atoms with Gasteiger partial charge in [-0.25, -0.2) is 8.98 Å². The molecule has 0 aliphatic carbocycles. The first-order chi connectivity index (χ1) is 11.7. The van der Waals surface area contributed by atoms with Gasteiger partial charge in [-0.05, 0) is 32.9 Å². The van der Waals surface area contributed by atoms with Crippen LogP contribution in [0, 0.1) is 6.92 Å². The van der Waals surface area contributed by atoms with E-state index in [0.29, 0.717) is 0 Å². The molecule has 0 amide bonds. The third kappa shape index (κ3) is 2.85. The van der Waals surface area contributed by atoms with Crippen LogP contribution in [-0.4, -0.2) is 50.9 Å². The zero-order chi connectivity index (χ0) is 18.0. The minimum absolute atomic E-state index is 0.0406. The van der Waals surface area contributed by atoms with Crippen LogP contribution in [0.4, 0.5) is 0 Å². The van der Waals surface area contributed by atoms with Gasteiger partial charge in [0.2, 0.25) is 6.10 Å². The third-order valence-electron chi connectivity index (χ3n) is 4.35. The van der Waals surface area contributed by atoms with Gasteiger partial charge in [0.15, 0.2) is 24.3 Å². The van der Waals surface area contributed by atoms with Crippen molar-refractivity contribution in [2.24, 2.45) is 0 Å². The van der Waals surface area contributed by atoms with Crippen LogP contribution in [0.5, 0.6) is 0 Å². The SMILES string of the molecule is Cc1ccc(S(=O)(=O)OC2C(=O)OC3C4OC(C)(C)OC4OC23)cc1. The molecule has 3 saturated heterocycles. The fourth-order valence-corrected chi connectivity index (χ4v) is 4.25. The fraction of sp³-hybridized carbons (Fsp3) is 0.562. The fourth-order valence-electron chi connectivity index (χ4n) is 3.21. The van der Waals surface area contributed by atoms with Gasteiger partial charge in [0.25, 0.3) is 10.1 Å². The summed E-state index contributed by atoms with van der Waals surface area (Å²) in [6, 6.07) is 6.13. The van der Waals surface area contributed by atoms with Crippen LogP contribution in [0.2, 0.25) is 0 Å². The molecule has 5 unspecified atom stereocenters. The minimum atomic E-state index is -4.14. The van der Waals surface area contributed by atoms with Gasteiger partial charge in [-0.15, -0.1) is 0 Å². The molecule has 0 bridgehead atoms. The van der Waals surface area contributed by atoms with Gasteiger partial charge in [-0.1, -0.05) is 17.7 Å². The molecule has 0 N–H and O–H groups in total. The van der Waals surface area contributed by atoms with E-state index in [4.69, 9.17) is 23.1 Å². The van der Waals surface area contributed by atoms with Crippen molar-refractivity contribution in [2.45, 2.75) is 62.2 Å². The molecule has 3 fully saturated rings. The summed E-state index contributed by atoms with van der Waals surface area (Å²) in [7, 11) is -4.14. The smallest absolute Gasteiger partial charge is 0.340 e. The van der Waals surface area contributed by atoms with Crippen molar-refractivity contribution < 1.29 is 36.3 Å². The predicted octanol–water partition coefficient (Wildman–Crippen LogP) is 0.871. The maximum Gasteiger partial charge on any atom is 0.340 e. The highest BCUT2D eigenvalue weighted by Gasteiger charge is 2.64. The summed E-state index contributed by atoms with van der Waals surface area (Å²) in [4.78, 5) is 12.1. The highest BCUT2D eigenvalue weighted by atomic mass is 32.2.